The number of aliphatic carboxylic acids is 1. The quantitative estimate of drug-likeness (QED) is 0.0571. The molecule has 7 N–H and O–H groups in total. The molecular weight excluding hydrogens is 1200 g/mol. The monoisotopic (exact) mass is 1270 g/mol. The van der Waals surface area contributed by atoms with Crippen LogP contribution in [-0.2, 0) is 17.6 Å². The molecule has 0 saturated heterocycles. The standard InChI is InChI=1S/C35H36BN3O3.C34H33N3O2.C2HF3O2.CH2Cl2/c1-36(42)38-32-16-9-21-35(32)22-23-39(31-15-8-5-12-27(31)24-35)34(41)26-17-19-28(20-18-26)37-33(40)30-14-7-6-13-29(30)25-10-3-2-4-11-25;35-31-15-8-20-34(31)21-22-37(30-14-7-4-11-26(30)23-34)33(39)25-16-18-27(19-17-25)36-32(38)29-13-6-5-12-28(29)24-9-2-1-3-10-24;3-2(4,5)1(6)7;2-1-3/h2-8,10-15,17-20,32,38,42H,9,16,21-24H2,1H3,(H,37,40);1-7,9-14,16-19,31H,8,15,20-23,35H2,(H,36,38);(H,6,7);1H2. The van der Waals surface area contributed by atoms with E-state index in [4.69, 9.17) is 38.8 Å². The second-order valence-corrected chi connectivity index (χ2v) is 24.1. The Morgan fingerprint density at radius 3 is 1.34 bits per heavy atom. The molecule has 2 aliphatic heterocycles. The summed E-state index contributed by atoms with van der Waals surface area (Å²) in [5, 5.41) is 26.8. The fourth-order valence-electron chi connectivity index (χ4n) is 13.2. The van der Waals surface area contributed by atoms with Gasteiger partial charge in [-0.1, -0.05) is 146 Å². The first-order valence-corrected chi connectivity index (χ1v) is 31.4. The lowest BCUT2D eigenvalue weighted by Gasteiger charge is -2.36. The Labute approximate surface area is 538 Å². The maximum Gasteiger partial charge on any atom is 0.490 e. The molecule has 2 fully saturated rings. The van der Waals surface area contributed by atoms with E-state index < -0.39 is 19.2 Å². The molecule has 0 bridgehead atoms. The van der Waals surface area contributed by atoms with Crippen molar-refractivity contribution in [2.75, 3.05) is 38.9 Å². The number of hydrogen-bond donors (Lipinski definition) is 6. The second kappa shape index (κ2) is 30.5. The minimum Gasteiger partial charge on any atom is -0.475 e. The van der Waals surface area contributed by atoms with Crippen molar-refractivity contribution < 1.29 is 47.3 Å². The highest BCUT2D eigenvalue weighted by Crippen LogP contribution is 2.49. The summed E-state index contributed by atoms with van der Waals surface area (Å²) in [7, 11) is -0.563. The van der Waals surface area contributed by atoms with Gasteiger partial charge in [0.25, 0.3) is 23.6 Å². The van der Waals surface area contributed by atoms with Crippen LogP contribution in [0.5, 0.6) is 0 Å². The van der Waals surface area contributed by atoms with Gasteiger partial charge in [-0.3, -0.25) is 19.2 Å². The van der Waals surface area contributed by atoms with Gasteiger partial charge in [0, 0.05) is 70.2 Å². The van der Waals surface area contributed by atoms with Gasteiger partial charge in [0.1, 0.15) is 0 Å². The maximum atomic E-state index is 13.9. The summed E-state index contributed by atoms with van der Waals surface area (Å²) in [5.41, 5.74) is 18.3. The largest absolute Gasteiger partial charge is 0.490 e. The van der Waals surface area contributed by atoms with E-state index in [1.54, 1.807) is 55.4 Å². The molecule has 4 atom stereocenters. The molecular formula is C72H72BCl2F3N6O7. The molecule has 12 rings (SSSR count). The van der Waals surface area contributed by atoms with Gasteiger partial charge in [-0.25, -0.2) is 4.79 Å². The van der Waals surface area contributed by atoms with E-state index in [9.17, 15) is 37.4 Å². The zero-order valence-corrected chi connectivity index (χ0v) is 51.9. The van der Waals surface area contributed by atoms with Crippen molar-refractivity contribution in [2.24, 2.45) is 16.6 Å². The first-order chi connectivity index (χ1) is 43.8. The topological polar surface area (TPSA) is 194 Å². The van der Waals surface area contributed by atoms with Crippen molar-refractivity contribution in [2.45, 2.75) is 89.3 Å². The molecule has 2 heterocycles. The van der Waals surface area contributed by atoms with Gasteiger partial charge < -0.3 is 41.5 Å². The van der Waals surface area contributed by atoms with Crippen LogP contribution in [0.1, 0.15) is 104 Å². The Hall–Kier alpha value is -8.58. The number of hydrogen-bond acceptors (Lipinski definition) is 8. The molecule has 2 spiro atoms. The number of halogens is 5. The number of nitrogens with one attached hydrogen (secondary N) is 3. The number of amides is 4. The lowest BCUT2D eigenvalue weighted by Crippen LogP contribution is -2.49. The van der Waals surface area contributed by atoms with Crippen LogP contribution in [0.15, 0.2) is 206 Å². The Bertz CT molecular complexity index is 3810. The van der Waals surface area contributed by atoms with Crippen molar-refractivity contribution >= 4 is 82.6 Å². The molecule has 4 unspecified atom stereocenters. The van der Waals surface area contributed by atoms with Gasteiger partial charge in [-0.2, -0.15) is 13.2 Å². The molecule has 8 aromatic rings. The van der Waals surface area contributed by atoms with Crippen LogP contribution < -0.4 is 31.4 Å². The van der Waals surface area contributed by atoms with Gasteiger partial charge >= 0.3 is 19.2 Å². The highest BCUT2D eigenvalue weighted by molar-refractivity contribution is 6.45. The van der Waals surface area contributed by atoms with Gasteiger partial charge in [0.15, 0.2) is 0 Å². The van der Waals surface area contributed by atoms with Gasteiger partial charge in [0.2, 0.25) is 0 Å². The molecule has 91 heavy (non-hydrogen) atoms. The summed E-state index contributed by atoms with van der Waals surface area (Å²) >= 11 is 9.53. The first kappa shape index (κ1) is 66.8. The number of para-hydroxylation sites is 2. The van der Waals surface area contributed by atoms with Crippen LogP contribution in [0.2, 0.25) is 6.82 Å². The summed E-state index contributed by atoms with van der Waals surface area (Å²) in [4.78, 5) is 66.9. The Morgan fingerprint density at radius 1 is 0.549 bits per heavy atom. The lowest BCUT2D eigenvalue weighted by atomic mass is 9.72. The molecule has 19 heteroatoms. The van der Waals surface area contributed by atoms with Crippen molar-refractivity contribution in [3.05, 3.63) is 240 Å². The van der Waals surface area contributed by atoms with Crippen molar-refractivity contribution in [3.63, 3.8) is 0 Å². The predicted molar refractivity (Wildman–Crippen MR) is 357 cm³/mol. The van der Waals surface area contributed by atoms with E-state index in [0.717, 1.165) is 97.8 Å². The average Bonchev–Trinajstić information content (AvgIpc) is 1.69. The number of rotatable bonds is 10. The Morgan fingerprint density at radius 2 is 0.923 bits per heavy atom. The average molecular weight is 1270 g/mol. The summed E-state index contributed by atoms with van der Waals surface area (Å²) in [6.07, 6.45) is 5.04. The number of carbonyl (C=O) groups is 5. The highest BCUT2D eigenvalue weighted by atomic mass is 35.5. The molecule has 2 aliphatic carbocycles. The molecule has 0 aromatic heterocycles. The van der Waals surface area contributed by atoms with E-state index in [-0.39, 0.29) is 51.9 Å². The smallest absolute Gasteiger partial charge is 0.475 e. The molecule has 470 valence electrons. The van der Waals surface area contributed by atoms with E-state index in [2.05, 4.69) is 34.1 Å². The van der Waals surface area contributed by atoms with Crippen molar-refractivity contribution in [3.8, 4) is 22.3 Å². The van der Waals surface area contributed by atoms with Crippen LogP contribution in [-0.4, -0.2) is 83.5 Å². The minimum absolute atomic E-state index is 0.00625. The minimum atomic E-state index is -5.08. The summed E-state index contributed by atoms with van der Waals surface area (Å²) in [6, 6.07) is 66.1. The van der Waals surface area contributed by atoms with Gasteiger partial charge in [0.05, 0.1) is 5.34 Å². The number of carbonyl (C=O) groups excluding carboxylic acids is 4. The number of anilines is 4. The number of nitrogens with zero attached hydrogens (tertiary/aromatic N) is 2. The molecule has 4 aliphatic rings. The van der Waals surface area contributed by atoms with Crippen LogP contribution in [0.4, 0.5) is 35.9 Å². The summed E-state index contributed by atoms with van der Waals surface area (Å²) < 4.78 is 31.7. The number of nitrogens with two attached hydrogens (primary N) is 1. The molecule has 8 aromatic carbocycles. The third kappa shape index (κ3) is 16.3. The normalized spacial score (nSPS) is 18.9. The Kier molecular flexibility index (Phi) is 22.4. The van der Waals surface area contributed by atoms with E-state index in [1.807, 2.05) is 149 Å². The zero-order chi connectivity index (χ0) is 64.7. The van der Waals surface area contributed by atoms with Crippen LogP contribution in [0.3, 0.4) is 0 Å². The van der Waals surface area contributed by atoms with Crippen LogP contribution in [0, 0.1) is 10.8 Å². The molecule has 4 amide bonds. The van der Waals surface area contributed by atoms with E-state index >= 15 is 0 Å². The van der Waals surface area contributed by atoms with Crippen molar-refractivity contribution in [1.82, 2.24) is 5.23 Å². The molecule has 0 radical (unpaired) electrons. The number of fused-ring (bicyclic) bond motifs is 2. The van der Waals surface area contributed by atoms with Crippen LogP contribution >= 0.6 is 23.2 Å². The zero-order valence-electron chi connectivity index (χ0n) is 50.4. The van der Waals surface area contributed by atoms with E-state index in [0.29, 0.717) is 46.7 Å². The first-order valence-electron chi connectivity index (χ1n) is 30.4. The second-order valence-electron chi connectivity index (χ2n) is 23.3. The number of carboxylic acid groups (broad SMARTS) is 1. The van der Waals surface area contributed by atoms with E-state index in [1.165, 1.54) is 11.1 Å². The lowest BCUT2D eigenvalue weighted by molar-refractivity contribution is -0.192. The summed E-state index contributed by atoms with van der Waals surface area (Å²) in [5.74, 6) is -3.22. The fraction of sp³-hybridized carbons (Fsp3) is 0.264. The summed E-state index contributed by atoms with van der Waals surface area (Å²) in [6.45, 7) is 3.04. The number of benzene rings is 8. The van der Waals surface area contributed by atoms with Gasteiger partial charge in [-0.05, 0) is 175 Å². The van der Waals surface area contributed by atoms with Crippen LogP contribution in [0.25, 0.3) is 22.3 Å². The highest BCUT2D eigenvalue weighted by Gasteiger charge is 2.46. The number of alkyl halides is 5. The maximum absolute atomic E-state index is 13.9. The predicted octanol–water partition coefficient (Wildman–Crippen LogP) is 15.2. The third-order valence-electron chi connectivity index (χ3n) is 17.7. The third-order valence-corrected chi connectivity index (χ3v) is 17.7. The van der Waals surface area contributed by atoms with Gasteiger partial charge in [-0.15, -0.1) is 23.2 Å². The van der Waals surface area contributed by atoms with Crippen molar-refractivity contribution in [1.29, 1.82) is 0 Å². The number of carboxylic acids is 1. The fourth-order valence-corrected chi connectivity index (χ4v) is 13.2. The molecule has 13 nitrogen and oxygen atoms in total. The SMILES string of the molecule is CB(O)NC1CCCC12CCN(C(=O)c1ccc(NC(=O)c3ccccc3-c3ccccc3)cc1)c1ccccc1C2.ClCCl.NC1CCCC12CCN(C(=O)c1ccc(NC(=O)c3ccccc3-c3ccccc3)cc1)c1ccccc1C2.O=C(O)C(F)(F)F. The molecule has 2 saturated carbocycles. The Balaban J connectivity index is 0.000000188.